The second-order valence-electron chi connectivity index (χ2n) is 7.95. The molecule has 0 saturated heterocycles. The molecule has 2 aromatic carbocycles. The van der Waals surface area contributed by atoms with Gasteiger partial charge in [0.05, 0.1) is 6.26 Å². The van der Waals surface area contributed by atoms with Gasteiger partial charge in [-0.2, -0.15) is 0 Å². The number of amides is 4. The number of hydroxylamine groups is 1. The predicted molar refractivity (Wildman–Crippen MR) is 131 cm³/mol. The SMILES string of the molecule is CNC(=O)NC(C)(C(F)F)[C@H](NC(=O)c1ccc(C#Cc2ccc(NS(C)(=O)=O)cc2)cc1)C(=O)NO. The van der Waals surface area contributed by atoms with Crippen LogP contribution >= 0.6 is 0 Å². The van der Waals surface area contributed by atoms with Crippen molar-refractivity contribution in [2.45, 2.75) is 24.9 Å². The quantitative estimate of drug-likeness (QED) is 0.167. The summed E-state index contributed by atoms with van der Waals surface area (Å²) in [5.74, 6) is 3.44. The fourth-order valence-corrected chi connectivity index (χ4v) is 3.58. The molecule has 1 unspecified atom stereocenters. The maximum Gasteiger partial charge on any atom is 0.315 e. The van der Waals surface area contributed by atoms with Crippen LogP contribution in [0.5, 0.6) is 0 Å². The minimum Gasteiger partial charge on any atom is -0.341 e. The molecular formula is C23H25F2N5O6S. The van der Waals surface area contributed by atoms with Crippen LogP contribution in [0.4, 0.5) is 19.3 Å². The number of anilines is 1. The van der Waals surface area contributed by atoms with Gasteiger partial charge in [0, 0.05) is 29.4 Å². The van der Waals surface area contributed by atoms with Gasteiger partial charge in [-0.05, 0) is 55.5 Å². The molecule has 0 bridgehead atoms. The number of hydrogen-bond acceptors (Lipinski definition) is 6. The van der Waals surface area contributed by atoms with Crippen molar-refractivity contribution < 1.29 is 36.8 Å². The standard InChI is InChI=1S/C23H25F2N5O6S/c1-23(21(24)25,28-22(33)26-2)18(20(32)29-34)27-19(31)16-10-6-14(7-11-16)4-5-15-8-12-17(13-9-15)30-37(3,35)36/h6-13,18,21,30,34H,1-3H3,(H,27,31)(H,29,32)(H2,26,28,33)/t18-,23?/m1/s1. The molecule has 0 aliphatic carbocycles. The van der Waals surface area contributed by atoms with E-state index in [9.17, 15) is 31.6 Å². The molecule has 37 heavy (non-hydrogen) atoms. The lowest BCUT2D eigenvalue weighted by Gasteiger charge is -2.36. The summed E-state index contributed by atoms with van der Waals surface area (Å²) in [6.45, 7) is 0.843. The fourth-order valence-electron chi connectivity index (χ4n) is 3.01. The Balaban J connectivity index is 2.19. The lowest BCUT2D eigenvalue weighted by molar-refractivity contribution is -0.135. The number of urea groups is 1. The maximum atomic E-state index is 13.9. The third-order valence-corrected chi connectivity index (χ3v) is 5.60. The van der Waals surface area contributed by atoms with E-state index < -0.39 is 45.9 Å². The first-order valence-corrected chi connectivity index (χ1v) is 12.4. The van der Waals surface area contributed by atoms with E-state index in [-0.39, 0.29) is 5.56 Å². The lowest BCUT2D eigenvalue weighted by Crippen LogP contribution is -2.69. The number of carbonyl (C=O) groups excluding carboxylic acids is 3. The minimum absolute atomic E-state index is 0.00551. The molecule has 2 atom stereocenters. The number of carbonyl (C=O) groups is 3. The summed E-state index contributed by atoms with van der Waals surface area (Å²) in [5, 5.41) is 15.1. The molecular weight excluding hydrogens is 512 g/mol. The Morgan fingerprint density at radius 3 is 1.92 bits per heavy atom. The summed E-state index contributed by atoms with van der Waals surface area (Å²) in [5.41, 5.74) is 0.114. The van der Waals surface area contributed by atoms with Gasteiger partial charge >= 0.3 is 6.03 Å². The van der Waals surface area contributed by atoms with Crippen LogP contribution in [0.25, 0.3) is 0 Å². The number of hydrogen-bond donors (Lipinski definition) is 6. The van der Waals surface area contributed by atoms with Crippen LogP contribution in [-0.4, -0.2) is 62.8 Å². The number of sulfonamides is 1. The Labute approximate surface area is 212 Å². The summed E-state index contributed by atoms with van der Waals surface area (Å²) in [7, 11) is -2.22. The van der Waals surface area contributed by atoms with E-state index in [4.69, 9.17) is 5.21 Å². The Bertz CT molecular complexity index is 1310. The van der Waals surface area contributed by atoms with Crippen molar-refractivity contribution in [1.82, 2.24) is 21.4 Å². The first-order chi connectivity index (χ1) is 17.3. The van der Waals surface area contributed by atoms with Gasteiger partial charge in [-0.1, -0.05) is 11.8 Å². The molecule has 4 amide bonds. The van der Waals surface area contributed by atoms with Gasteiger partial charge in [0.1, 0.15) is 11.6 Å². The highest BCUT2D eigenvalue weighted by molar-refractivity contribution is 7.92. The Morgan fingerprint density at radius 2 is 1.49 bits per heavy atom. The van der Waals surface area contributed by atoms with Crippen molar-refractivity contribution in [3.8, 4) is 11.8 Å². The van der Waals surface area contributed by atoms with Crippen molar-refractivity contribution >= 4 is 33.6 Å². The number of rotatable bonds is 8. The van der Waals surface area contributed by atoms with Crippen LogP contribution < -0.4 is 26.2 Å². The zero-order valence-electron chi connectivity index (χ0n) is 19.9. The van der Waals surface area contributed by atoms with Crippen LogP contribution in [0.15, 0.2) is 48.5 Å². The molecule has 0 radical (unpaired) electrons. The van der Waals surface area contributed by atoms with Gasteiger partial charge in [-0.25, -0.2) is 27.5 Å². The number of alkyl halides is 2. The molecule has 14 heteroatoms. The molecule has 2 rings (SSSR count). The molecule has 0 saturated carbocycles. The first-order valence-electron chi connectivity index (χ1n) is 10.5. The topological polar surface area (TPSA) is 166 Å². The van der Waals surface area contributed by atoms with Crippen LogP contribution in [0.2, 0.25) is 0 Å². The highest BCUT2D eigenvalue weighted by Crippen LogP contribution is 2.21. The molecule has 0 fully saturated rings. The molecule has 198 valence electrons. The third kappa shape index (κ3) is 8.16. The summed E-state index contributed by atoms with van der Waals surface area (Å²) in [6.07, 6.45) is -2.27. The van der Waals surface area contributed by atoms with E-state index in [0.717, 1.165) is 13.2 Å². The maximum absolute atomic E-state index is 13.9. The normalized spacial score (nSPS) is 13.3. The highest BCUT2D eigenvalue weighted by Gasteiger charge is 2.48. The van der Waals surface area contributed by atoms with E-state index in [0.29, 0.717) is 16.8 Å². The van der Waals surface area contributed by atoms with Crippen LogP contribution in [-0.2, 0) is 14.8 Å². The van der Waals surface area contributed by atoms with E-state index >= 15 is 0 Å². The zero-order chi connectivity index (χ0) is 27.8. The minimum atomic E-state index is -3.40. The predicted octanol–water partition coefficient (Wildman–Crippen LogP) is 1.01. The van der Waals surface area contributed by atoms with E-state index in [1.807, 2.05) is 5.32 Å². The number of nitrogens with one attached hydrogen (secondary N) is 5. The van der Waals surface area contributed by atoms with Crippen molar-refractivity contribution in [3.05, 3.63) is 65.2 Å². The molecule has 0 spiro atoms. The van der Waals surface area contributed by atoms with Crippen molar-refractivity contribution in [3.63, 3.8) is 0 Å². The van der Waals surface area contributed by atoms with Gasteiger partial charge in [0.2, 0.25) is 10.0 Å². The van der Waals surface area contributed by atoms with Crippen molar-refractivity contribution in [2.24, 2.45) is 0 Å². The molecule has 11 nitrogen and oxygen atoms in total. The third-order valence-electron chi connectivity index (χ3n) is 5.00. The van der Waals surface area contributed by atoms with Crippen LogP contribution in [0, 0.1) is 11.8 Å². The molecule has 0 aliphatic heterocycles. The van der Waals surface area contributed by atoms with Crippen molar-refractivity contribution in [2.75, 3.05) is 18.0 Å². The Hall–Kier alpha value is -4.22. The average molecular weight is 538 g/mol. The molecule has 0 heterocycles. The summed E-state index contributed by atoms with van der Waals surface area (Å²) in [4.78, 5) is 36.5. The summed E-state index contributed by atoms with van der Waals surface area (Å²) < 4.78 is 52.6. The summed E-state index contributed by atoms with van der Waals surface area (Å²) in [6, 6.07) is 8.90. The second kappa shape index (κ2) is 12.2. The van der Waals surface area contributed by atoms with Gasteiger partial charge in [-0.3, -0.25) is 19.5 Å². The fraction of sp³-hybridized carbons (Fsp3) is 0.261. The largest absolute Gasteiger partial charge is 0.341 e. The van der Waals surface area contributed by atoms with E-state index in [2.05, 4.69) is 27.2 Å². The zero-order valence-corrected chi connectivity index (χ0v) is 20.7. The molecule has 6 N–H and O–H groups in total. The van der Waals surface area contributed by atoms with Crippen molar-refractivity contribution in [1.29, 1.82) is 0 Å². The average Bonchev–Trinajstić information content (AvgIpc) is 2.85. The smallest absolute Gasteiger partial charge is 0.315 e. The second-order valence-corrected chi connectivity index (χ2v) is 9.70. The number of halogens is 2. The lowest BCUT2D eigenvalue weighted by atomic mass is 9.91. The van der Waals surface area contributed by atoms with Gasteiger partial charge < -0.3 is 16.0 Å². The molecule has 2 aromatic rings. The molecule has 0 aliphatic rings. The van der Waals surface area contributed by atoms with Crippen LogP contribution in [0.1, 0.15) is 28.4 Å². The molecule has 0 aromatic heterocycles. The van der Waals surface area contributed by atoms with Gasteiger partial charge in [0.15, 0.2) is 0 Å². The Kier molecular flexibility index (Phi) is 9.53. The first kappa shape index (κ1) is 29.0. The highest BCUT2D eigenvalue weighted by atomic mass is 32.2. The summed E-state index contributed by atoms with van der Waals surface area (Å²) >= 11 is 0. The Morgan fingerprint density at radius 1 is 0.973 bits per heavy atom. The van der Waals surface area contributed by atoms with Gasteiger partial charge in [-0.15, -0.1) is 0 Å². The van der Waals surface area contributed by atoms with E-state index in [1.165, 1.54) is 36.8 Å². The van der Waals surface area contributed by atoms with Gasteiger partial charge in [0.25, 0.3) is 18.2 Å². The van der Waals surface area contributed by atoms with E-state index in [1.54, 1.807) is 24.3 Å². The monoisotopic (exact) mass is 537 g/mol. The number of benzene rings is 2. The van der Waals surface area contributed by atoms with Crippen LogP contribution in [0.3, 0.4) is 0 Å².